The maximum absolute atomic E-state index is 13.2. The molecule has 0 unspecified atom stereocenters. The maximum atomic E-state index is 13.2. The number of ether oxygens (including phenoxy) is 2. The predicted octanol–water partition coefficient (Wildman–Crippen LogP) is 3.49. The van der Waals surface area contributed by atoms with Crippen molar-refractivity contribution in [2.24, 2.45) is 0 Å². The lowest BCUT2D eigenvalue weighted by atomic mass is 9.89. The van der Waals surface area contributed by atoms with Crippen LogP contribution >= 0.6 is 11.8 Å². The Labute approximate surface area is 174 Å². The largest absolute Gasteiger partial charge is 0.373 e. The molecule has 0 saturated carbocycles. The summed E-state index contributed by atoms with van der Waals surface area (Å²) in [5.41, 5.74) is 3.56. The molecule has 5 nitrogen and oxygen atoms in total. The molecule has 29 heavy (non-hydrogen) atoms. The molecular weight excluding hydrogens is 389 g/mol. The van der Waals surface area contributed by atoms with Crippen LogP contribution in [0.2, 0.25) is 0 Å². The van der Waals surface area contributed by atoms with Crippen molar-refractivity contribution in [3.8, 4) is 6.07 Å². The van der Waals surface area contributed by atoms with Gasteiger partial charge in [-0.2, -0.15) is 5.26 Å². The summed E-state index contributed by atoms with van der Waals surface area (Å²) in [6, 6.07) is 8.93. The zero-order valence-electron chi connectivity index (χ0n) is 16.8. The molecule has 1 aromatic carbocycles. The smallest absolute Gasteiger partial charge is 0.281 e. The minimum absolute atomic E-state index is 0.242. The van der Waals surface area contributed by atoms with Crippen LogP contribution in [-0.4, -0.2) is 31.9 Å². The molecule has 2 aliphatic heterocycles. The van der Waals surface area contributed by atoms with Gasteiger partial charge in [0.15, 0.2) is 5.03 Å². The second-order valence-corrected chi connectivity index (χ2v) is 8.97. The van der Waals surface area contributed by atoms with E-state index in [0.717, 1.165) is 40.6 Å². The van der Waals surface area contributed by atoms with Gasteiger partial charge in [0.25, 0.3) is 5.82 Å². The number of hydrogen-bond acceptors (Lipinski definition) is 5. The first-order valence-electron chi connectivity index (χ1n) is 9.82. The Morgan fingerprint density at radius 2 is 1.93 bits per heavy atom. The average molecular weight is 415 g/mol. The molecular formula is C22H25FN3O2S+. The van der Waals surface area contributed by atoms with Gasteiger partial charge in [-0.25, -0.2) is 9.37 Å². The van der Waals surface area contributed by atoms with Crippen LogP contribution < -0.4 is 9.88 Å². The van der Waals surface area contributed by atoms with Crippen molar-refractivity contribution in [3.63, 3.8) is 0 Å². The Balaban J connectivity index is 1.73. The van der Waals surface area contributed by atoms with E-state index in [9.17, 15) is 9.65 Å². The molecule has 1 N–H and O–H groups in total. The van der Waals surface area contributed by atoms with Crippen LogP contribution in [0.5, 0.6) is 0 Å². The van der Waals surface area contributed by atoms with E-state index in [4.69, 9.17) is 9.47 Å². The summed E-state index contributed by atoms with van der Waals surface area (Å²) in [6.07, 6.45) is 0.696. The van der Waals surface area contributed by atoms with Gasteiger partial charge in [-0.05, 0) is 37.1 Å². The topological polar surface area (TPSA) is 59.6 Å². The number of fused-ring (bicyclic) bond motifs is 1. The summed E-state index contributed by atoms with van der Waals surface area (Å²) < 4.78 is 24.8. The number of nitrogens with one attached hydrogen (secondary N) is 1. The van der Waals surface area contributed by atoms with Crippen molar-refractivity contribution >= 4 is 17.6 Å². The molecule has 4 rings (SSSR count). The molecule has 0 atom stereocenters. The first kappa shape index (κ1) is 20.1. The first-order chi connectivity index (χ1) is 14.0. The molecule has 2 aliphatic rings. The number of morpholine rings is 1. The number of H-pyrrole nitrogens is 1. The summed E-state index contributed by atoms with van der Waals surface area (Å²) in [6.45, 7) is 7.60. The zero-order chi connectivity index (χ0) is 20.4. The maximum Gasteiger partial charge on any atom is 0.281 e. The van der Waals surface area contributed by atoms with Gasteiger partial charge < -0.3 is 9.47 Å². The van der Waals surface area contributed by atoms with E-state index in [1.165, 1.54) is 12.1 Å². The Morgan fingerprint density at radius 3 is 2.62 bits per heavy atom. The second kappa shape index (κ2) is 8.31. The highest BCUT2D eigenvalue weighted by molar-refractivity contribution is 7.98. The number of aromatic nitrogens is 1. The van der Waals surface area contributed by atoms with Crippen LogP contribution in [0.4, 0.5) is 10.2 Å². The lowest BCUT2D eigenvalue weighted by Gasteiger charge is -2.34. The van der Waals surface area contributed by atoms with Gasteiger partial charge in [-0.3, -0.25) is 4.90 Å². The van der Waals surface area contributed by atoms with E-state index >= 15 is 0 Å². The normalized spacial score (nSPS) is 18.2. The molecule has 152 valence electrons. The molecule has 7 heteroatoms. The fraction of sp³-hybridized carbons (Fsp3) is 0.455. The number of halogens is 1. The summed E-state index contributed by atoms with van der Waals surface area (Å²) in [5, 5.41) is 10.8. The van der Waals surface area contributed by atoms with Crippen LogP contribution in [0, 0.1) is 17.1 Å². The Bertz CT molecular complexity index is 935. The fourth-order valence-electron chi connectivity index (χ4n) is 3.79. The molecule has 0 aliphatic carbocycles. The molecule has 2 aromatic rings. The van der Waals surface area contributed by atoms with E-state index in [1.54, 1.807) is 23.9 Å². The van der Waals surface area contributed by atoms with Gasteiger partial charge in [0.1, 0.15) is 30.5 Å². The van der Waals surface area contributed by atoms with Crippen LogP contribution in [0.25, 0.3) is 0 Å². The highest BCUT2D eigenvalue weighted by atomic mass is 32.2. The van der Waals surface area contributed by atoms with Gasteiger partial charge in [0.2, 0.25) is 0 Å². The summed E-state index contributed by atoms with van der Waals surface area (Å²) in [5.74, 6) is 1.44. The van der Waals surface area contributed by atoms with Crippen molar-refractivity contribution in [3.05, 3.63) is 52.3 Å². The van der Waals surface area contributed by atoms with Crippen molar-refractivity contribution < 1.29 is 18.8 Å². The molecule has 1 saturated heterocycles. The third kappa shape index (κ3) is 4.40. The number of anilines is 1. The lowest BCUT2D eigenvalue weighted by molar-refractivity contribution is -0.415. The lowest BCUT2D eigenvalue weighted by Crippen LogP contribution is -2.43. The minimum Gasteiger partial charge on any atom is -0.373 e. The summed E-state index contributed by atoms with van der Waals surface area (Å²) >= 11 is 1.58. The number of rotatable bonds is 4. The molecule has 1 fully saturated rings. The third-order valence-corrected chi connectivity index (χ3v) is 6.43. The van der Waals surface area contributed by atoms with Gasteiger partial charge in [0.05, 0.1) is 31.0 Å². The Hall–Kier alpha value is -2.14. The standard InChI is InChI=1S/C22H24FN3O2S/c1-22(2)11-17-18(12-24)21(29-14-15-3-5-16(23)6-4-15)25-20(19(17)13-28-22)26-7-9-27-10-8-26/h3-6H,7-11,13-14H2,1-2H3/p+1. The van der Waals surface area contributed by atoms with Crippen LogP contribution in [0.1, 0.15) is 36.1 Å². The van der Waals surface area contributed by atoms with Crippen molar-refractivity contribution in [2.75, 3.05) is 31.2 Å². The van der Waals surface area contributed by atoms with Gasteiger partial charge in [0, 0.05) is 12.2 Å². The van der Waals surface area contributed by atoms with Gasteiger partial charge in [-0.15, -0.1) is 0 Å². The highest BCUT2D eigenvalue weighted by Gasteiger charge is 2.36. The van der Waals surface area contributed by atoms with Crippen molar-refractivity contribution in [1.29, 1.82) is 5.26 Å². The molecule has 0 radical (unpaired) electrons. The van der Waals surface area contributed by atoms with E-state index in [1.807, 2.05) is 0 Å². The van der Waals surface area contributed by atoms with Crippen LogP contribution in [0.3, 0.4) is 0 Å². The Kier molecular flexibility index (Phi) is 5.77. The predicted molar refractivity (Wildman–Crippen MR) is 109 cm³/mol. The van der Waals surface area contributed by atoms with E-state index < -0.39 is 0 Å². The number of aromatic amines is 1. The fourth-order valence-corrected chi connectivity index (χ4v) is 4.78. The molecule has 0 spiro atoms. The van der Waals surface area contributed by atoms with Crippen molar-refractivity contribution in [2.45, 2.75) is 43.3 Å². The number of thioether (sulfide) groups is 1. The SMILES string of the molecule is CC1(C)Cc2c(C#N)c(SCc3ccc(F)cc3)[nH+]c(N3CCOCC3)c2CO1. The molecule has 0 amide bonds. The quantitative estimate of drug-likeness (QED) is 0.717. The van der Waals surface area contributed by atoms with E-state index in [-0.39, 0.29) is 11.4 Å². The van der Waals surface area contributed by atoms with Crippen LogP contribution in [-0.2, 0) is 28.3 Å². The molecule has 0 bridgehead atoms. The summed E-state index contributed by atoms with van der Waals surface area (Å²) in [4.78, 5) is 5.81. The first-order valence-corrected chi connectivity index (χ1v) is 10.8. The average Bonchev–Trinajstić information content (AvgIpc) is 2.72. The highest BCUT2D eigenvalue weighted by Crippen LogP contribution is 2.37. The van der Waals surface area contributed by atoms with Crippen LogP contribution in [0.15, 0.2) is 29.3 Å². The second-order valence-electron chi connectivity index (χ2n) is 7.99. The number of pyridine rings is 1. The van der Waals surface area contributed by atoms with E-state index in [2.05, 4.69) is 29.8 Å². The number of hydrogen-bond donors (Lipinski definition) is 0. The van der Waals surface area contributed by atoms with Gasteiger partial charge in [-0.1, -0.05) is 23.9 Å². The van der Waals surface area contributed by atoms with E-state index in [0.29, 0.717) is 37.6 Å². The third-order valence-electron chi connectivity index (χ3n) is 5.36. The number of nitriles is 1. The Morgan fingerprint density at radius 1 is 1.21 bits per heavy atom. The zero-order valence-corrected chi connectivity index (χ0v) is 17.6. The number of benzene rings is 1. The van der Waals surface area contributed by atoms with Gasteiger partial charge >= 0.3 is 0 Å². The minimum atomic E-state index is -0.304. The number of nitrogens with zero attached hydrogens (tertiary/aromatic N) is 2. The van der Waals surface area contributed by atoms with Crippen molar-refractivity contribution in [1.82, 2.24) is 0 Å². The summed E-state index contributed by atoms with van der Waals surface area (Å²) in [7, 11) is 0. The molecule has 1 aromatic heterocycles. The molecule has 3 heterocycles. The monoisotopic (exact) mass is 414 g/mol.